The van der Waals surface area contributed by atoms with Crippen molar-refractivity contribution >= 4 is 94.5 Å². The van der Waals surface area contributed by atoms with Gasteiger partial charge in [0, 0.05) is 45.3 Å². The highest BCUT2D eigenvalue weighted by atomic mass is 32.2. The summed E-state index contributed by atoms with van der Waals surface area (Å²) >= 11 is 1.45. The maximum Gasteiger partial charge on any atom is 0.245 e. The van der Waals surface area contributed by atoms with Gasteiger partial charge in [-0.05, 0) is 119 Å². The number of primary amides is 3. The number of unbranched alkanes of at least 4 members (excludes halogenated alkanes) is 1. The number of thioether (sulfide) groups is 1. The Labute approximate surface area is 558 Å². The summed E-state index contributed by atoms with van der Waals surface area (Å²) in [5, 5.41) is 21.1. The lowest BCUT2D eigenvalue weighted by atomic mass is 10.0. The van der Waals surface area contributed by atoms with E-state index in [4.69, 9.17) is 40.1 Å². The van der Waals surface area contributed by atoms with Crippen LogP contribution in [0.3, 0.4) is 0 Å². The first-order valence-electron chi connectivity index (χ1n) is 32.2. The van der Waals surface area contributed by atoms with E-state index in [1.165, 1.54) is 21.6 Å². The zero-order valence-corrected chi connectivity index (χ0v) is 55.3. The van der Waals surface area contributed by atoms with Crippen LogP contribution in [0.25, 0.3) is 0 Å². The largest absolute Gasteiger partial charge is 0.370 e. The molecule has 0 aromatic heterocycles. The van der Waals surface area contributed by atoms with E-state index in [0.717, 1.165) is 0 Å². The zero-order valence-electron chi connectivity index (χ0n) is 54.5. The van der Waals surface area contributed by atoms with Crippen LogP contribution in [0, 0.1) is 5.92 Å². The first-order chi connectivity index (χ1) is 45.2. The molecule has 2 saturated heterocycles. The summed E-state index contributed by atoms with van der Waals surface area (Å²) in [5.41, 5.74) is 40.6. The normalized spacial score (nSPS) is 16.8. The molecule has 0 unspecified atom stereocenters. The molecule has 0 bridgehead atoms. The Bertz CT molecular complexity index is 2960. The van der Waals surface area contributed by atoms with Crippen molar-refractivity contribution in [1.29, 1.82) is 0 Å². The minimum atomic E-state index is -1.64. The molecule has 2 aromatic carbocycles. The lowest BCUT2D eigenvalue weighted by Crippen LogP contribution is -2.60. The Morgan fingerprint density at radius 1 is 0.537 bits per heavy atom. The summed E-state index contributed by atoms with van der Waals surface area (Å²) in [4.78, 5) is 185. The first-order valence-corrected chi connectivity index (χ1v) is 33.6. The quantitative estimate of drug-likeness (QED) is 0.0173. The molecule has 31 nitrogen and oxygen atoms in total. The fraction of sp³-hybridized carbons (Fsp3) is 0.587. The number of carbonyl (C=O) groups is 13. The van der Waals surface area contributed by atoms with Crippen LogP contribution in [0.2, 0.25) is 0 Å². The summed E-state index contributed by atoms with van der Waals surface area (Å²) in [7, 11) is 0. The number of nitrogens with zero attached hydrogens (tertiary/aromatic N) is 3. The lowest BCUT2D eigenvalue weighted by molar-refractivity contribution is -0.144. The van der Waals surface area contributed by atoms with Crippen molar-refractivity contribution in [2.24, 2.45) is 51.0 Å². The Morgan fingerprint density at radius 3 is 1.51 bits per heavy atom. The Morgan fingerprint density at radius 2 is 1.01 bits per heavy atom. The summed E-state index contributed by atoms with van der Waals surface area (Å²) in [6.45, 7) is 3.86. The third kappa shape index (κ3) is 27.5. The number of benzene rings is 2. The summed E-state index contributed by atoms with van der Waals surface area (Å²) in [6.07, 6.45) is 3.12. The second kappa shape index (κ2) is 41.0. The standard InChI is InChI=1S/C63H98N18O13S/c1-37(2)33-45(57(89)74-41(53(68)85)27-32-95-3)73-52(84)36-72-54(86)46(34-38-15-6-4-7-16-38)78-58(90)47(35-39-17-8-5-9-18-39)79-56(88)42(23-25-50(66)82)75-55(87)43(24-26-51(67)83)76-59(91)49-22-14-31-81(49)62(94)44(20-10-11-28-64)77-60(92)48-21-13-30-80(48)61(93)40(65)19-12-29-71-63(69)70/h4-9,15-18,37,40-49H,10-14,19-36,64-65H2,1-3H3,(H2,66,82)(H2,67,83)(H2,68,85)(H,72,86)(H,73,84)(H,74,89)(H,75,87)(H,76,91)(H,77,92)(H,78,90)(H,79,88)(H4,69,70,71)/t40-,41+,42+,43+,44-,45-,46+,47+,48+,49+/m1/s1. The average molecular weight is 1350 g/mol. The van der Waals surface area contributed by atoms with Gasteiger partial charge in [-0.2, -0.15) is 11.8 Å². The van der Waals surface area contributed by atoms with Gasteiger partial charge < -0.3 is 92.5 Å². The number of nitrogens with two attached hydrogens (primary N) is 7. The van der Waals surface area contributed by atoms with Crippen molar-refractivity contribution in [2.75, 3.05) is 44.7 Å². The predicted octanol–water partition coefficient (Wildman–Crippen LogP) is -3.71. The highest BCUT2D eigenvalue weighted by molar-refractivity contribution is 7.98. The molecule has 0 aliphatic carbocycles. The van der Waals surface area contributed by atoms with Crippen molar-refractivity contribution in [3.63, 3.8) is 0 Å². The average Bonchev–Trinajstić information content (AvgIpc) is 1.74. The van der Waals surface area contributed by atoms with E-state index in [-0.39, 0.29) is 83.0 Å². The van der Waals surface area contributed by atoms with Crippen molar-refractivity contribution in [2.45, 2.75) is 183 Å². The van der Waals surface area contributed by atoms with Crippen LogP contribution in [-0.2, 0) is 75.2 Å². The molecule has 0 saturated carbocycles. The molecular weight excluding hydrogens is 1250 g/mol. The van der Waals surface area contributed by atoms with Gasteiger partial charge in [0.25, 0.3) is 0 Å². The molecule has 524 valence electrons. The predicted molar refractivity (Wildman–Crippen MR) is 356 cm³/mol. The van der Waals surface area contributed by atoms with Crippen LogP contribution in [0.5, 0.6) is 0 Å². The number of nitrogens with one attached hydrogen (secondary N) is 8. The Balaban J connectivity index is 1.56. The molecule has 13 amide bonds. The van der Waals surface area contributed by atoms with E-state index >= 15 is 0 Å². The Hall–Kier alpha value is -8.91. The SMILES string of the molecule is CSCC[C@H](NC(=O)[C@@H](CC(C)C)NC(=O)CNC(=O)[C@H](Cc1ccccc1)NC(=O)[C@H](Cc1ccccc1)NC(=O)[C@H](CCC(N)=O)NC(=O)[C@H](CCC(N)=O)NC(=O)[C@@H]1CCCN1C(=O)[C@@H](CCCCN)NC(=O)[C@@H]1CCCN1C(=O)[C@H](N)CCCN=C(N)N)C(N)=O. The molecule has 0 radical (unpaired) electrons. The third-order valence-electron chi connectivity index (χ3n) is 16.0. The van der Waals surface area contributed by atoms with E-state index in [0.29, 0.717) is 55.4 Å². The fourth-order valence-electron chi connectivity index (χ4n) is 11.0. The number of carbonyl (C=O) groups excluding carboxylic acids is 13. The first kappa shape index (κ1) is 78.5. The molecule has 2 heterocycles. The van der Waals surface area contributed by atoms with Crippen molar-refractivity contribution in [1.82, 2.24) is 52.3 Å². The molecule has 4 rings (SSSR count). The number of aliphatic imine (C=N–C) groups is 1. The fourth-order valence-corrected chi connectivity index (χ4v) is 11.5. The molecule has 2 aromatic rings. The smallest absolute Gasteiger partial charge is 0.245 e. The second-order valence-electron chi connectivity index (χ2n) is 24.1. The molecule has 2 aliphatic rings. The van der Waals surface area contributed by atoms with E-state index < -0.39 is 169 Å². The van der Waals surface area contributed by atoms with E-state index in [1.54, 1.807) is 60.7 Å². The molecular formula is C63H98N18O13S. The molecule has 22 N–H and O–H groups in total. The van der Waals surface area contributed by atoms with Crippen molar-refractivity contribution < 1.29 is 62.3 Å². The maximum atomic E-state index is 14.7. The van der Waals surface area contributed by atoms with Gasteiger partial charge >= 0.3 is 0 Å². The third-order valence-corrected chi connectivity index (χ3v) is 16.7. The summed E-state index contributed by atoms with van der Waals surface area (Å²) in [5.74, 6) is -9.80. The van der Waals surface area contributed by atoms with E-state index in [1.807, 2.05) is 20.1 Å². The highest BCUT2D eigenvalue weighted by Gasteiger charge is 2.42. The van der Waals surface area contributed by atoms with Crippen LogP contribution < -0.4 is 82.7 Å². The van der Waals surface area contributed by atoms with Gasteiger partial charge in [-0.3, -0.25) is 67.3 Å². The Kier molecular flexibility index (Phi) is 33.9. The van der Waals surface area contributed by atoms with Gasteiger partial charge in [-0.1, -0.05) is 74.5 Å². The molecule has 2 fully saturated rings. The van der Waals surface area contributed by atoms with Gasteiger partial charge in [0.2, 0.25) is 76.8 Å². The van der Waals surface area contributed by atoms with Crippen LogP contribution in [0.15, 0.2) is 65.7 Å². The molecule has 32 heteroatoms. The van der Waals surface area contributed by atoms with Crippen molar-refractivity contribution in [3.05, 3.63) is 71.8 Å². The highest BCUT2D eigenvalue weighted by Crippen LogP contribution is 2.24. The van der Waals surface area contributed by atoms with Crippen LogP contribution in [0.1, 0.15) is 121 Å². The zero-order chi connectivity index (χ0) is 70.1. The number of guanidine groups is 1. The number of amides is 13. The molecule has 2 aliphatic heterocycles. The topological polar surface area (TPSA) is 519 Å². The lowest BCUT2D eigenvalue weighted by Gasteiger charge is -2.32. The monoisotopic (exact) mass is 1350 g/mol. The minimum Gasteiger partial charge on any atom is -0.370 e. The van der Waals surface area contributed by atoms with Gasteiger partial charge in [0.1, 0.15) is 54.4 Å². The van der Waals surface area contributed by atoms with E-state index in [9.17, 15) is 62.3 Å². The number of rotatable bonds is 42. The van der Waals surface area contributed by atoms with Crippen LogP contribution >= 0.6 is 11.8 Å². The maximum absolute atomic E-state index is 14.7. The van der Waals surface area contributed by atoms with Crippen LogP contribution in [-0.4, -0.2) is 198 Å². The van der Waals surface area contributed by atoms with Gasteiger partial charge in [-0.25, -0.2) is 0 Å². The van der Waals surface area contributed by atoms with Crippen molar-refractivity contribution in [3.8, 4) is 0 Å². The molecule has 10 atom stereocenters. The van der Waals surface area contributed by atoms with Gasteiger partial charge in [-0.15, -0.1) is 0 Å². The number of hydrogen-bond acceptors (Lipinski definition) is 17. The van der Waals surface area contributed by atoms with Gasteiger partial charge in [0.05, 0.1) is 12.6 Å². The summed E-state index contributed by atoms with van der Waals surface area (Å²) in [6, 6.07) is 4.51. The summed E-state index contributed by atoms with van der Waals surface area (Å²) < 4.78 is 0. The van der Waals surface area contributed by atoms with Crippen LogP contribution in [0.4, 0.5) is 0 Å². The molecule has 95 heavy (non-hydrogen) atoms. The number of hydrogen-bond donors (Lipinski definition) is 15. The minimum absolute atomic E-state index is 0.0736. The molecule has 0 spiro atoms. The second-order valence-corrected chi connectivity index (χ2v) is 25.1. The van der Waals surface area contributed by atoms with E-state index in [2.05, 4.69) is 47.5 Å². The van der Waals surface area contributed by atoms with Gasteiger partial charge in [0.15, 0.2) is 5.96 Å². The number of likely N-dealkylation sites (tertiary alicyclic amines) is 2.